The Labute approximate surface area is 253 Å². The zero-order valence-corrected chi connectivity index (χ0v) is 28.2. The summed E-state index contributed by atoms with van der Waals surface area (Å²) in [7, 11) is 0. The highest BCUT2D eigenvalue weighted by Gasteiger charge is 2.15. The fourth-order valence-corrected chi connectivity index (χ4v) is 6.37. The molecule has 2 heteroatoms. The molecule has 0 saturated carbocycles. The second-order valence-electron chi connectivity index (χ2n) is 13.0. The normalized spacial score (nSPS) is 11.6. The van der Waals surface area contributed by atoms with Crippen LogP contribution in [0.15, 0.2) is 12.4 Å². The first-order chi connectivity index (χ1) is 19.8. The van der Waals surface area contributed by atoms with Gasteiger partial charge in [-0.3, -0.25) is 0 Å². The van der Waals surface area contributed by atoms with Crippen LogP contribution in [0.1, 0.15) is 213 Å². The third-order valence-electron chi connectivity index (χ3n) is 9.07. The number of rotatable bonds is 32. The number of hydrogen-bond donors (Lipinski definition) is 0. The standard InChI is InChI=1S/C38H75N2/c1-4-7-9-11-13-15-17-19-20-22-24-26-28-30-32-35-40-37-36-39(38(40)33-6-3)34-31-29-27-25-23-21-18-16-14-12-10-8-5-2/h36-37H,4-35H2,1-3H3/q+1. The monoisotopic (exact) mass is 560 g/mol. The number of nitrogens with zero attached hydrogens (tertiary/aromatic N) is 2. The Balaban J connectivity index is 2.01. The molecule has 0 atom stereocenters. The van der Waals surface area contributed by atoms with Crippen LogP contribution in [0.2, 0.25) is 0 Å². The Morgan fingerprint density at radius 2 is 0.775 bits per heavy atom. The molecule has 0 aliphatic carbocycles. The third kappa shape index (κ3) is 21.9. The van der Waals surface area contributed by atoms with Gasteiger partial charge in [0.1, 0.15) is 12.4 Å². The number of aryl methyl sites for hydroxylation is 2. The highest BCUT2D eigenvalue weighted by atomic mass is 15.1. The van der Waals surface area contributed by atoms with Crippen molar-refractivity contribution < 1.29 is 4.57 Å². The molecule has 0 saturated heterocycles. The van der Waals surface area contributed by atoms with E-state index in [2.05, 4.69) is 42.3 Å². The van der Waals surface area contributed by atoms with Crippen LogP contribution < -0.4 is 4.57 Å². The Bertz CT molecular complexity index is 619. The summed E-state index contributed by atoms with van der Waals surface area (Å²) in [5, 5.41) is 0. The smallest absolute Gasteiger partial charge is 0.234 e. The van der Waals surface area contributed by atoms with Gasteiger partial charge in [-0.05, 0) is 32.1 Å². The summed E-state index contributed by atoms with van der Waals surface area (Å²) < 4.78 is 5.15. The SMILES string of the molecule is CCCCCCCCCCCCCCCCCn1cc[n+](CCCCCCCCCCCCCCC)c1CCC. The van der Waals surface area contributed by atoms with E-state index in [1.807, 2.05) is 0 Å². The molecular formula is C38H75N2+. The van der Waals surface area contributed by atoms with Gasteiger partial charge in [-0.25, -0.2) is 9.13 Å². The van der Waals surface area contributed by atoms with Crippen molar-refractivity contribution >= 4 is 0 Å². The van der Waals surface area contributed by atoms with Gasteiger partial charge in [0.25, 0.3) is 5.82 Å². The minimum Gasteiger partial charge on any atom is -0.234 e. The first kappa shape index (κ1) is 37.2. The lowest BCUT2D eigenvalue weighted by atomic mass is 10.0. The zero-order valence-electron chi connectivity index (χ0n) is 28.2. The van der Waals surface area contributed by atoms with Crippen LogP contribution in [0.25, 0.3) is 0 Å². The van der Waals surface area contributed by atoms with Crippen molar-refractivity contribution in [3.8, 4) is 0 Å². The highest BCUT2D eigenvalue weighted by molar-refractivity contribution is 4.84. The molecule has 0 aliphatic rings. The van der Waals surface area contributed by atoms with E-state index >= 15 is 0 Å². The predicted molar refractivity (Wildman–Crippen MR) is 179 cm³/mol. The van der Waals surface area contributed by atoms with Gasteiger partial charge in [-0.1, -0.05) is 175 Å². The van der Waals surface area contributed by atoms with Crippen LogP contribution >= 0.6 is 0 Å². The van der Waals surface area contributed by atoms with E-state index in [0.717, 1.165) is 0 Å². The molecule has 1 heterocycles. The lowest BCUT2D eigenvalue weighted by molar-refractivity contribution is -0.704. The summed E-state index contributed by atoms with van der Waals surface area (Å²) in [6.45, 7) is 9.39. The Kier molecular flexibility index (Phi) is 27.6. The van der Waals surface area contributed by atoms with E-state index in [1.54, 1.807) is 5.82 Å². The van der Waals surface area contributed by atoms with E-state index in [0.29, 0.717) is 0 Å². The molecule has 1 aromatic heterocycles. The molecule has 0 amide bonds. The molecule has 1 rings (SSSR count). The third-order valence-corrected chi connectivity index (χ3v) is 9.07. The fourth-order valence-electron chi connectivity index (χ4n) is 6.37. The fraction of sp³-hybridized carbons (Fsp3) is 0.921. The average Bonchev–Trinajstić information content (AvgIpc) is 3.34. The lowest BCUT2D eigenvalue weighted by Gasteiger charge is -2.06. The summed E-state index contributed by atoms with van der Waals surface area (Å²) in [4.78, 5) is 0. The second kappa shape index (κ2) is 29.7. The van der Waals surface area contributed by atoms with E-state index in [4.69, 9.17) is 0 Å². The van der Waals surface area contributed by atoms with Crippen molar-refractivity contribution in [1.29, 1.82) is 0 Å². The maximum Gasteiger partial charge on any atom is 0.256 e. The Morgan fingerprint density at radius 3 is 1.15 bits per heavy atom. The molecule has 40 heavy (non-hydrogen) atoms. The van der Waals surface area contributed by atoms with Crippen molar-refractivity contribution in [2.45, 2.75) is 226 Å². The summed E-state index contributed by atoms with van der Waals surface area (Å²) in [6.07, 6.45) is 47.5. The molecule has 0 unspecified atom stereocenters. The largest absolute Gasteiger partial charge is 0.256 e. The molecule has 0 bridgehead atoms. The maximum atomic E-state index is 2.58. The molecule has 2 nitrogen and oxygen atoms in total. The minimum atomic E-state index is 1.22. The molecular weight excluding hydrogens is 484 g/mol. The van der Waals surface area contributed by atoms with Crippen LogP contribution in [-0.4, -0.2) is 4.57 Å². The molecule has 0 N–H and O–H groups in total. The van der Waals surface area contributed by atoms with Gasteiger partial charge in [-0.15, -0.1) is 0 Å². The van der Waals surface area contributed by atoms with Crippen LogP contribution in [-0.2, 0) is 19.5 Å². The molecule has 0 fully saturated rings. The van der Waals surface area contributed by atoms with Crippen molar-refractivity contribution in [3.05, 3.63) is 18.2 Å². The molecule has 0 spiro atoms. The number of aromatic nitrogens is 2. The molecule has 0 aromatic carbocycles. The van der Waals surface area contributed by atoms with E-state index in [1.165, 1.54) is 206 Å². The summed E-state index contributed by atoms with van der Waals surface area (Å²) in [5.74, 6) is 1.58. The second-order valence-corrected chi connectivity index (χ2v) is 13.0. The van der Waals surface area contributed by atoms with Crippen molar-refractivity contribution in [2.24, 2.45) is 0 Å². The lowest BCUT2D eigenvalue weighted by Crippen LogP contribution is -2.37. The first-order valence-electron chi connectivity index (χ1n) is 18.9. The van der Waals surface area contributed by atoms with Crippen molar-refractivity contribution in [1.82, 2.24) is 4.57 Å². The Morgan fingerprint density at radius 1 is 0.425 bits per heavy atom. The van der Waals surface area contributed by atoms with E-state index < -0.39 is 0 Å². The quantitative estimate of drug-likeness (QED) is 0.0613. The topological polar surface area (TPSA) is 8.81 Å². The Hall–Kier alpha value is -0.790. The van der Waals surface area contributed by atoms with Gasteiger partial charge in [-0.2, -0.15) is 0 Å². The van der Waals surface area contributed by atoms with Crippen molar-refractivity contribution in [3.63, 3.8) is 0 Å². The van der Waals surface area contributed by atoms with Crippen LogP contribution in [0, 0.1) is 0 Å². The van der Waals surface area contributed by atoms with E-state index in [9.17, 15) is 0 Å². The van der Waals surface area contributed by atoms with Crippen LogP contribution in [0.4, 0.5) is 0 Å². The number of hydrogen-bond acceptors (Lipinski definition) is 0. The van der Waals surface area contributed by atoms with Gasteiger partial charge in [0.05, 0.1) is 13.1 Å². The zero-order chi connectivity index (χ0) is 28.8. The van der Waals surface area contributed by atoms with Gasteiger partial charge in [0.15, 0.2) is 0 Å². The molecule has 0 radical (unpaired) electrons. The van der Waals surface area contributed by atoms with Crippen molar-refractivity contribution in [2.75, 3.05) is 0 Å². The van der Waals surface area contributed by atoms with E-state index in [-0.39, 0.29) is 0 Å². The maximum absolute atomic E-state index is 2.58. The highest BCUT2D eigenvalue weighted by Crippen LogP contribution is 2.15. The number of imidazole rings is 1. The van der Waals surface area contributed by atoms with Gasteiger partial charge < -0.3 is 0 Å². The summed E-state index contributed by atoms with van der Waals surface area (Å²) >= 11 is 0. The molecule has 236 valence electrons. The van der Waals surface area contributed by atoms with Crippen LogP contribution in [0.3, 0.4) is 0 Å². The predicted octanol–water partition coefficient (Wildman–Crippen LogP) is 12.7. The molecule has 1 aromatic rings. The summed E-state index contributed by atoms with van der Waals surface area (Å²) in [5.41, 5.74) is 0. The average molecular weight is 560 g/mol. The first-order valence-corrected chi connectivity index (χ1v) is 18.9. The van der Waals surface area contributed by atoms with Gasteiger partial charge in [0.2, 0.25) is 0 Å². The minimum absolute atomic E-state index is 1.22. The summed E-state index contributed by atoms with van der Waals surface area (Å²) in [6, 6.07) is 0. The number of unbranched alkanes of at least 4 members (excludes halogenated alkanes) is 26. The van der Waals surface area contributed by atoms with Gasteiger partial charge in [0, 0.05) is 6.42 Å². The molecule has 0 aliphatic heterocycles. The van der Waals surface area contributed by atoms with Crippen LogP contribution in [0.5, 0.6) is 0 Å². The van der Waals surface area contributed by atoms with Gasteiger partial charge >= 0.3 is 0 Å².